The maximum Gasteiger partial charge on any atom is 0.130 e. The second-order valence-corrected chi connectivity index (χ2v) is 8.00. The molecule has 3 rings (SSSR count). The van der Waals surface area contributed by atoms with Gasteiger partial charge in [-0.25, -0.2) is 0 Å². The number of hydrogen-bond donors (Lipinski definition) is 0. The van der Waals surface area contributed by atoms with Gasteiger partial charge in [0.15, 0.2) is 0 Å². The van der Waals surface area contributed by atoms with E-state index in [-0.39, 0.29) is 0 Å². The Morgan fingerprint density at radius 1 is 0.793 bits per heavy atom. The molecule has 0 aliphatic heterocycles. The molecular formula is C27H34O2. The van der Waals surface area contributed by atoms with Gasteiger partial charge in [0.1, 0.15) is 11.5 Å². The molecule has 154 valence electrons. The van der Waals surface area contributed by atoms with Gasteiger partial charge in [0.2, 0.25) is 0 Å². The Morgan fingerprint density at radius 3 is 1.97 bits per heavy atom. The van der Waals surface area contributed by atoms with Crippen molar-refractivity contribution in [1.82, 2.24) is 0 Å². The average molecular weight is 391 g/mol. The third-order valence-corrected chi connectivity index (χ3v) is 5.89. The molecule has 3 aromatic carbocycles. The zero-order valence-electron chi connectivity index (χ0n) is 18.5. The summed E-state index contributed by atoms with van der Waals surface area (Å²) in [6.07, 6.45) is 6.06. The van der Waals surface area contributed by atoms with E-state index in [1.807, 2.05) is 0 Å². The van der Waals surface area contributed by atoms with Crippen LogP contribution in [0.1, 0.15) is 50.7 Å². The van der Waals surface area contributed by atoms with Gasteiger partial charge in [-0.2, -0.15) is 0 Å². The zero-order valence-corrected chi connectivity index (χ0v) is 18.5. The van der Waals surface area contributed by atoms with Crippen LogP contribution in [0.5, 0.6) is 11.5 Å². The monoisotopic (exact) mass is 390 g/mol. The van der Waals surface area contributed by atoms with Gasteiger partial charge < -0.3 is 9.47 Å². The molecule has 0 aliphatic rings. The van der Waals surface area contributed by atoms with Crippen molar-refractivity contribution in [3.8, 4) is 22.6 Å². The molecule has 0 unspecified atom stereocenters. The fourth-order valence-electron chi connectivity index (χ4n) is 4.53. The molecule has 0 saturated heterocycles. The first-order valence-electron chi connectivity index (χ1n) is 10.9. The Morgan fingerprint density at radius 2 is 1.38 bits per heavy atom. The molecule has 0 amide bonds. The van der Waals surface area contributed by atoms with Gasteiger partial charge in [0.05, 0.1) is 19.8 Å². The highest BCUT2D eigenvalue weighted by atomic mass is 16.5. The summed E-state index contributed by atoms with van der Waals surface area (Å²) in [7, 11) is 3.52. The molecule has 0 atom stereocenters. The SMILES string of the molecule is CCCC(CCC)Cc1cc(OC)c(-c2cccc3c(C)cccc23)c(OC)c1. The van der Waals surface area contributed by atoms with Crippen molar-refractivity contribution in [3.05, 3.63) is 59.7 Å². The van der Waals surface area contributed by atoms with Crippen LogP contribution in [-0.2, 0) is 6.42 Å². The lowest BCUT2D eigenvalue weighted by molar-refractivity contribution is 0.393. The molecule has 0 bridgehead atoms. The third kappa shape index (κ3) is 4.58. The summed E-state index contributed by atoms with van der Waals surface area (Å²) in [5.41, 5.74) is 4.77. The number of methoxy groups -OCH3 is 2. The molecule has 0 radical (unpaired) electrons. The standard InChI is InChI=1S/C27H34O2/c1-6-10-20(11-7-2)16-21-17-25(28-4)27(26(18-21)29-5)24-15-9-13-22-19(3)12-8-14-23(22)24/h8-9,12-15,17-18,20H,6-7,10-11,16H2,1-5H3. The maximum atomic E-state index is 5.88. The van der Waals surface area contributed by atoms with E-state index in [2.05, 4.69) is 69.3 Å². The quantitative estimate of drug-likeness (QED) is 0.375. The van der Waals surface area contributed by atoms with E-state index in [1.54, 1.807) is 14.2 Å². The number of hydrogen-bond acceptors (Lipinski definition) is 2. The van der Waals surface area contributed by atoms with Crippen molar-refractivity contribution < 1.29 is 9.47 Å². The summed E-state index contributed by atoms with van der Waals surface area (Å²) in [6, 6.07) is 17.4. The molecule has 2 nitrogen and oxygen atoms in total. The predicted octanol–water partition coefficient (Wildman–Crippen LogP) is 7.59. The van der Waals surface area contributed by atoms with Crippen LogP contribution in [0.3, 0.4) is 0 Å². The average Bonchev–Trinajstić information content (AvgIpc) is 2.73. The highest BCUT2D eigenvalue weighted by molar-refractivity contribution is 6.01. The molecule has 0 aromatic heterocycles. The Bertz CT molecular complexity index is 927. The smallest absolute Gasteiger partial charge is 0.130 e. The summed E-state index contributed by atoms with van der Waals surface area (Å²) >= 11 is 0. The molecular weight excluding hydrogens is 356 g/mol. The van der Waals surface area contributed by atoms with Crippen LogP contribution in [0.15, 0.2) is 48.5 Å². The summed E-state index contributed by atoms with van der Waals surface area (Å²) < 4.78 is 11.8. The first-order valence-corrected chi connectivity index (χ1v) is 10.9. The van der Waals surface area contributed by atoms with Gasteiger partial charge in [-0.05, 0) is 58.9 Å². The topological polar surface area (TPSA) is 18.5 Å². The lowest BCUT2D eigenvalue weighted by atomic mass is 9.89. The fourth-order valence-corrected chi connectivity index (χ4v) is 4.53. The minimum Gasteiger partial charge on any atom is -0.496 e. The lowest BCUT2D eigenvalue weighted by Gasteiger charge is -2.20. The van der Waals surface area contributed by atoms with Gasteiger partial charge >= 0.3 is 0 Å². The van der Waals surface area contributed by atoms with Crippen molar-refractivity contribution in [1.29, 1.82) is 0 Å². The summed E-state index contributed by atoms with van der Waals surface area (Å²) in [5.74, 6) is 2.49. The van der Waals surface area contributed by atoms with Crippen LogP contribution < -0.4 is 9.47 Å². The van der Waals surface area contributed by atoms with E-state index in [4.69, 9.17) is 9.47 Å². The normalized spacial score (nSPS) is 11.2. The van der Waals surface area contributed by atoms with Crippen molar-refractivity contribution in [3.63, 3.8) is 0 Å². The second-order valence-electron chi connectivity index (χ2n) is 8.00. The van der Waals surface area contributed by atoms with E-state index >= 15 is 0 Å². The Kier molecular flexibility index (Phi) is 7.19. The summed E-state index contributed by atoms with van der Waals surface area (Å²) in [4.78, 5) is 0. The van der Waals surface area contributed by atoms with Gasteiger partial charge in [-0.3, -0.25) is 0 Å². The van der Waals surface area contributed by atoms with Crippen molar-refractivity contribution >= 4 is 10.8 Å². The van der Waals surface area contributed by atoms with E-state index < -0.39 is 0 Å². The van der Waals surface area contributed by atoms with Crippen molar-refractivity contribution in [2.45, 2.75) is 52.9 Å². The minimum atomic E-state index is 0.713. The van der Waals surface area contributed by atoms with Gasteiger partial charge in [-0.15, -0.1) is 0 Å². The number of aryl methyl sites for hydroxylation is 1. The van der Waals surface area contributed by atoms with Gasteiger partial charge in [0.25, 0.3) is 0 Å². The fraction of sp³-hybridized carbons (Fsp3) is 0.407. The lowest BCUT2D eigenvalue weighted by Crippen LogP contribution is -2.05. The Balaban J connectivity index is 2.12. The first kappa shape index (κ1) is 21.2. The maximum absolute atomic E-state index is 5.88. The molecule has 29 heavy (non-hydrogen) atoms. The minimum absolute atomic E-state index is 0.713. The number of rotatable bonds is 9. The van der Waals surface area contributed by atoms with Gasteiger partial charge in [0, 0.05) is 0 Å². The van der Waals surface area contributed by atoms with Gasteiger partial charge in [-0.1, -0.05) is 75.9 Å². The molecule has 0 aliphatic carbocycles. The molecule has 0 saturated carbocycles. The third-order valence-electron chi connectivity index (χ3n) is 5.89. The molecule has 0 heterocycles. The highest BCUT2D eigenvalue weighted by Gasteiger charge is 2.18. The molecule has 3 aromatic rings. The number of fused-ring (bicyclic) bond motifs is 1. The molecule has 0 spiro atoms. The summed E-state index contributed by atoms with van der Waals surface area (Å²) in [6.45, 7) is 6.70. The number of benzene rings is 3. The van der Waals surface area contributed by atoms with Crippen molar-refractivity contribution in [2.24, 2.45) is 5.92 Å². The van der Waals surface area contributed by atoms with Crippen LogP contribution in [0.4, 0.5) is 0 Å². The second kappa shape index (κ2) is 9.82. The van der Waals surface area contributed by atoms with E-state index in [1.165, 1.54) is 47.6 Å². The van der Waals surface area contributed by atoms with Crippen LogP contribution in [-0.4, -0.2) is 14.2 Å². The van der Waals surface area contributed by atoms with Crippen LogP contribution in [0.25, 0.3) is 21.9 Å². The largest absolute Gasteiger partial charge is 0.496 e. The van der Waals surface area contributed by atoms with Crippen LogP contribution in [0, 0.1) is 12.8 Å². The van der Waals surface area contributed by atoms with E-state index in [9.17, 15) is 0 Å². The van der Waals surface area contributed by atoms with E-state index in [0.717, 1.165) is 29.0 Å². The Labute approximate surface area is 175 Å². The highest BCUT2D eigenvalue weighted by Crippen LogP contribution is 2.43. The predicted molar refractivity (Wildman–Crippen MR) is 124 cm³/mol. The van der Waals surface area contributed by atoms with E-state index in [0.29, 0.717) is 5.92 Å². The molecule has 2 heteroatoms. The van der Waals surface area contributed by atoms with Crippen molar-refractivity contribution in [2.75, 3.05) is 14.2 Å². The number of ether oxygens (including phenoxy) is 2. The molecule has 0 fully saturated rings. The first-order chi connectivity index (χ1) is 14.1. The van der Waals surface area contributed by atoms with Crippen LogP contribution >= 0.6 is 0 Å². The zero-order chi connectivity index (χ0) is 20.8. The molecule has 0 N–H and O–H groups in total. The Hall–Kier alpha value is -2.48. The van der Waals surface area contributed by atoms with Crippen LogP contribution in [0.2, 0.25) is 0 Å². The summed E-state index contributed by atoms with van der Waals surface area (Å²) in [5, 5.41) is 2.50.